The Balaban J connectivity index is 3.04. The number of benzene rings is 1. The number of aliphatic hydroxyl groups excluding tert-OH is 1. The number of halogens is 1. The van der Waals surface area contributed by atoms with Crippen molar-refractivity contribution in [1.29, 1.82) is 0 Å². The summed E-state index contributed by atoms with van der Waals surface area (Å²) in [6, 6.07) is 4.90. The zero-order chi connectivity index (χ0) is 10.6. The van der Waals surface area contributed by atoms with Crippen LogP contribution < -0.4 is 0 Å². The summed E-state index contributed by atoms with van der Waals surface area (Å²) in [5.41, 5.74) is 1.26. The first-order valence-corrected chi connectivity index (χ1v) is 4.31. The third-order valence-corrected chi connectivity index (χ3v) is 1.92. The Bertz CT molecular complexity index is 372. The van der Waals surface area contributed by atoms with Crippen LogP contribution >= 0.6 is 11.6 Å². The summed E-state index contributed by atoms with van der Waals surface area (Å²) in [5, 5.41) is 17.9. The maximum atomic E-state index is 10.3. The summed E-state index contributed by atoms with van der Waals surface area (Å²) in [5.74, 6) is -1.03. The van der Waals surface area contributed by atoms with E-state index in [0.29, 0.717) is 16.1 Å². The number of rotatable bonds is 3. The van der Waals surface area contributed by atoms with Crippen molar-refractivity contribution < 1.29 is 15.0 Å². The van der Waals surface area contributed by atoms with Gasteiger partial charge in [-0.15, -0.1) is 0 Å². The van der Waals surface area contributed by atoms with Gasteiger partial charge in [0.1, 0.15) is 0 Å². The Morgan fingerprint density at radius 3 is 2.79 bits per heavy atom. The summed E-state index contributed by atoms with van der Waals surface area (Å²) in [6.07, 6.45) is 2.41. The molecule has 0 saturated carbocycles. The molecule has 0 bridgehead atoms. The molecule has 0 fully saturated rings. The molecule has 0 radical (unpaired) electrons. The Morgan fingerprint density at radius 1 is 1.50 bits per heavy atom. The average Bonchev–Trinajstić information content (AvgIpc) is 2.15. The number of aliphatic hydroxyl groups is 1. The lowest BCUT2D eigenvalue weighted by Gasteiger charge is -2.02. The van der Waals surface area contributed by atoms with Gasteiger partial charge in [-0.05, 0) is 29.3 Å². The van der Waals surface area contributed by atoms with E-state index in [1.165, 1.54) is 6.08 Å². The molecule has 0 saturated heterocycles. The van der Waals surface area contributed by atoms with Gasteiger partial charge in [0.25, 0.3) is 0 Å². The first-order chi connectivity index (χ1) is 6.63. The molecule has 0 aliphatic carbocycles. The van der Waals surface area contributed by atoms with Crippen molar-refractivity contribution in [3.63, 3.8) is 0 Å². The molecule has 0 aliphatic rings. The van der Waals surface area contributed by atoms with E-state index >= 15 is 0 Å². The average molecular weight is 213 g/mol. The Morgan fingerprint density at radius 2 is 2.21 bits per heavy atom. The van der Waals surface area contributed by atoms with E-state index in [0.717, 1.165) is 6.08 Å². The Kier molecular flexibility index (Phi) is 3.68. The van der Waals surface area contributed by atoms with Gasteiger partial charge < -0.3 is 10.2 Å². The molecule has 0 unspecified atom stereocenters. The van der Waals surface area contributed by atoms with Gasteiger partial charge in [-0.25, -0.2) is 4.79 Å². The zero-order valence-corrected chi connectivity index (χ0v) is 8.03. The molecule has 0 atom stereocenters. The number of carboxylic acid groups (broad SMARTS) is 1. The van der Waals surface area contributed by atoms with E-state index in [1.807, 2.05) is 0 Å². The lowest BCUT2D eigenvalue weighted by molar-refractivity contribution is -0.131. The monoisotopic (exact) mass is 212 g/mol. The summed E-state index contributed by atoms with van der Waals surface area (Å²) >= 11 is 5.73. The van der Waals surface area contributed by atoms with E-state index in [4.69, 9.17) is 21.8 Å². The van der Waals surface area contributed by atoms with Crippen molar-refractivity contribution in [1.82, 2.24) is 0 Å². The van der Waals surface area contributed by atoms with E-state index in [2.05, 4.69) is 0 Å². The van der Waals surface area contributed by atoms with Crippen molar-refractivity contribution in [2.45, 2.75) is 6.61 Å². The maximum absolute atomic E-state index is 10.3. The number of hydrogen-bond donors (Lipinski definition) is 2. The quantitative estimate of drug-likeness (QED) is 0.753. The van der Waals surface area contributed by atoms with Crippen LogP contribution in [0, 0.1) is 0 Å². The molecule has 14 heavy (non-hydrogen) atoms. The molecule has 3 nitrogen and oxygen atoms in total. The summed E-state index contributed by atoms with van der Waals surface area (Å²) in [4.78, 5) is 10.3. The lowest BCUT2D eigenvalue weighted by Crippen LogP contribution is -1.90. The predicted molar refractivity (Wildman–Crippen MR) is 54.0 cm³/mol. The Labute approximate surface area is 86.3 Å². The smallest absolute Gasteiger partial charge is 0.328 e. The first kappa shape index (κ1) is 10.8. The minimum Gasteiger partial charge on any atom is -0.478 e. The van der Waals surface area contributed by atoms with E-state index in [1.54, 1.807) is 18.2 Å². The normalized spacial score (nSPS) is 10.7. The van der Waals surface area contributed by atoms with Gasteiger partial charge in [-0.1, -0.05) is 17.7 Å². The molecule has 0 spiro atoms. The first-order valence-electron chi connectivity index (χ1n) is 3.94. The highest BCUT2D eigenvalue weighted by atomic mass is 35.5. The van der Waals surface area contributed by atoms with Crippen LogP contribution in [0.5, 0.6) is 0 Å². The van der Waals surface area contributed by atoms with Crippen LogP contribution in [0.1, 0.15) is 11.1 Å². The lowest BCUT2D eigenvalue weighted by atomic mass is 10.1. The van der Waals surface area contributed by atoms with E-state index < -0.39 is 5.97 Å². The topological polar surface area (TPSA) is 57.5 Å². The summed E-state index contributed by atoms with van der Waals surface area (Å²) < 4.78 is 0. The van der Waals surface area contributed by atoms with Gasteiger partial charge in [-0.3, -0.25) is 0 Å². The van der Waals surface area contributed by atoms with Crippen molar-refractivity contribution in [2.24, 2.45) is 0 Å². The van der Waals surface area contributed by atoms with E-state index in [-0.39, 0.29) is 6.61 Å². The van der Waals surface area contributed by atoms with Crippen molar-refractivity contribution >= 4 is 23.6 Å². The van der Waals surface area contributed by atoms with Crippen LogP contribution in [-0.2, 0) is 11.4 Å². The maximum Gasteiger partial charge on any atom is 0.328 e. The largest absolute Gasteiger partial charge is 0.478 e. The minimum absolute atomic E-state index is 0.142. The third-order valence-electron chi connectivity index (χ3n) is 1.68. The second-order valence-corrected chi connectivity index (χ2v) is 3.11. The molecule has 0 heterocycles. The minimum atomic E-state index is -1.03. The number of carbonyl (C=O) groups is 1. The number of carboxylic acids is 1. The molecule has 0 amide bonds. The standard InChI is InChI=1S/C10H9ClO3/c11-9-3-1-8(6-12)7(5-9)2-4-10(13)14/h1-5,12H,6H2,(H,13,14)/b4-2+. The number of hydrogen-bond acceptors (Lipinski definition) is 2. The van der Waals surface area contributed by atoms with Gasteiger partial charge in [-0.2, -0.15) is 0 Å². The van der Waals surface area contributed by atoms with Crippen LogP contribution in [0.25, 0.3) is 6.08 Å². The third kappa shape index (κ3) is 2.87. The van der Waals surface area contributed by atoms with Gasteiger partial charge in [0, 0.05) is 11.1 Å². The SMILES string of the molecule is O=C(O)/C=C/c1cc(Cl)ccc1CO. The summed E-state index contributed by atoms with van der Waals surface area (Å²) in [7, 11) is 0. The predicted octanol–water partition coefficient (Wildman–Crippen LogP) is 1.93. The fourth-order valence-corrected chi connectivity index (χ4v) is 1.21. The van der Waals surface area contributed by atoms with Crippen molar-refractivity contribution in [2.75, 3.05) is 0 Å². The van der Waals surface area contributed by atoms with Crippen molar-refractivity contribution in [3.8, 4) is 0 Å². The van der Waals surface area contributed by atoms with Gasteiger partial charge in [0.05, 0.1) is 6.61 Å². The van der Waals surface area contributed by atoms with E-state index in [9.17, 15) is 4.79 Å². The molecule has 1 aromatic carbocycles. The second-order valence-electron chi connectivity index (χ2n) is 2.67. The van der Waals surface area contributed by atoms with Crippen LogP contribution in [0.15, 0.2) is 24.3 Å². The molecule has 1 rings (SSSR count). The van der Waals surface area contributed by atoms with Crippen LogP contribution in [-0.4, -0.2) is 16.2 Å². The molecule has 4 heteroatoms. The van der Waals surface area contributed by atoms with Crippen LogP contribution in [0.2, 0.25) is 5.02 Å². The summed E-state index contributed by atoms with van der Waals surface area (Å²) in [6.45, 7) is -0.142. The van der Waals surface area contributed by atoms with Gasteiger partial charge in [0.15, 0.2) is 0 Å². The van der Waals surface area contributed by atoms with Crippen molar-refractivity contribution in [3.05, 3.63) is 40.4 Å². The number of aliphatic carboxylic acids is 1. The second kappa shape index (κ2) is 4.79. The molecule has 2 N–H and O–H groups in total. The zero-order valence-electron chi connectivity index (χ0n) is 7.27. The fourth-order valence-electron chi connectivity index (χ4n) is 1.03. The highest BCUT2D eigenvalue weighted by Gasteiger charge is 1.99. The molecule has 0 aromatic heterocycles. The molecule has 0 aliphatic heterocycles. The highest BCUT2D eigenvalue weighted by Crippen LogP contribution is 2.17. The van der Waals surface area contributed by atoms with Gasteiger partial charge >= 0.3 is 5.97 Å². The highest BCUT2D eigenvalue weighted by molar-refractivity contribution is 6.30. The van der Waals surface area contributed by atoms with Crippen LogP contribution in [0.4, 0.5) is 0 Å². The molecular formula is C10H9ClO3. The van der Waals surface area contributed by atoms with Gasteiger partial charge in [0.2, 0.25) is 0 Å². The molecular weight excluding hydrogens is 204 g/mol. The molecule has 1 aromatic rings. The van der Waals surface area contributed by atoms with Crippen LogP contribution in [0.3, 0.4) is 0 Å². The Hall–Kier alpha value is -1.32. The molecule has 74 valence electrons. The fraction of sp³-hybridized carbons (Fsp3) is 0.100.